The predicted molar refractivity (Wildman–Crippen MR) is 267 cm³/mol. The number of anilines is 6. The SMILES string of the molecule is CC1(C)c2ccccc2-c2ccc(N(c3ccccc3)c3cc(-c4ccc5ccccc5c4-c4ccccc4)cc(N(c4ccccc4)c4ccc(-c5ccccc5)cc4)c3)cc21. The Morgan fingerprint density at radius 1 is 0.286 bits per heavy atom. The van der Waals surface area contributed by atoms with Gasteiger partial charge >= 0.3 is 0 Å². The molecule has 10 aromatic carbocycles. The molecule has 0 amide bonds. The predicted octanol–water partition coefficient (Wildman–Crippen LogP) is 17.1. The summed E-state index contributed by atoms with van der Waals surface area (Å²) in [6, 6.07) is 88.5. The van der Waals surface area contributed by atoms with E-state index in [4.69, 9.17) is 0 Å². The van der Waals surface area contributed by atoms with E-state index in [0.29, 0.717) is 0 Å². The van der Waals surface area contributed by atoms with E-state index in [1.54, 1.807) is 0 Å². The lowest BCUT2D eigenvalue weighted by molar-refractivity contribution is 0.660. The second-order valence-electron chi connectivity index (χ2n) is 17.0. The largest absolute Gasteiger partial charge is 0.310 e. The molecule has 0 atom stereocenters. The first-order chi connectivity index (χ1) is 31.0. The van der Waals surface area contributed by atoms with Gasteiger partial charge in [-0.2, -0.15) is 0 Å². The van der Waals surface area contributed by atoms with E-state index in [0.717, 1.165) is 39.7 Å². The van der Waals surface area contributed by atoms with Gasteiger partial charge in [0, 0.05) is 39.5 Å². The van der Waals surface area contributed by atoms with E-state index in [2.05, 4.69) is 266 Å². The molecule has 11 rings (SSSR count). The molecule has 0 radical (unpaired) electrons. The van der Waals surface area contributed by atoms with Gasteiger partial charge in [-0.05, 0) is 133 Å². The monoisotopic (exact) mass is 806 g/mol. The summed E-state index contributed by atoms with van der Waals surface area (Å²) in [6.07, 6.45) is 0. The van der Waals surface area contributed by atoms with Crippen LogP contribution in [0.25, 0.3) is 55.3 Å². The van der Waals surface area contributed by atoms with Gasteiger partial charge in [0.25, 0.3) is 0 Å². The molecule has 63 heavy (non-hydrogen) atoms. The number of rotatable bonds is 9. The van der Waals surface area contributed by atoms with E-state index in [1.165, 1.54) is 60.8 Å². The van der Waals surface area contributed by atoms with E-state index in [1.807, 2.05) is 0 Å². The van der Waals surface area contributed by atoms with E-state index in [-0.39, 0.29) is 5.41 Å². The van der Waals surface area contributed by atoms with E-state index in [9.17, 15) is 0 Å². The maximum Gasteiger partial charge on any atom is 0.0488 e. The third kappa shape index (κ3) is 6.87. The maximum atomic E-state index is 2.44. The quantitative estimate of drug-likeness (QED) is 0.143. The van der Waals surface area contributed by atoms with Crippen LogP contribution >= 0.6 is 0 Å². The zero-order valence-corrected chi connectivity index (χ0v) is 35.5. The highest BCUT2D eigenvalue weighted by molar-refractivity contribution is 6.05. The molecule has 0 fully saturated rings. The maximum absolute atomic E-state index is 2.44. The van der Waals surface area contributed by atoms with Gasteiger partial charge < -0.3 is 9.80 Å². The van der Waals surface area contributed by atoms with Crippen molar-refractivity contribution in [3.8, 4) is 44.5 Å². The normalized spacial score (nSPS) is 12.4. The van der Waals surface area contributed by atoms with Gasteiger partial charge in [0.1, 0.15) is 0 Å². The molecule has 10 aromatic rings. The lowest BCUT2D eigenvalue weighted by Crippen LogP contribution is -2.17. The van der Waals surface area contributed by atoms with Gasteiger partial charge in [-0.15, -0.1) is 0 Å². The molecule has 0 unspecified atom stereocenters. The lowest BCUT2D eigenvalue weighted by Gasteiger charge is -2.31. The fourth-order valence-corrected chi connectivity index (χ4v) is 9.75. The highest BCUT2D eigenvalue weighted by Crippen LogP contribution is 2.52. The highest BCUT2D eigenvalue weighted by atomic mass is 15.2. The number of benzene rings is 10. The Bertz CT molecular complexity index is 3230. The fourth-order valence-electron chi connectivity index (χ4n) is 9.75. The average Bonchev–Trinajstić information content (AvgIpc) is 3.58. The highest BCUT2D eigenvalue weighted by Gasteiger charge is 2.36. The number of hydrogen-bond donors (Lipinski definition) is 0. The van der Waals surface area contributed by atoms with Crippen molar-refractivity contribution in [1.29, 1.82) is 0 Å². The van der Waals surface area contributed by atoms with Crippen molar-refractivity contribution in [3.05, 3.63) is 254 Å². The van der Waals surface area contributed by atoms with Crippen LogP contribution in [0.15, 0.2) is 243 Å². The first kappa shape index (κ1) is 38.0. The van der Waals surface area contributed by atoms with Gasteiger partial charge in [0.15, 0.2) is 0 Å². The number of hydrogen-bond acceptors (Lipinski definition) is 2. The lowest BCUT2D eigenvalue weighted by atomic mass is 9.82. The number of nitrogens with zero attached hydrogens (tertiary/aromatic N) is 2. The minimum atomic E-state index is -0.150. The summed E-state index contributed by atoms with van der Waals surface area (Å²) in [6.45, 7) is 4.72. The van der Waals surface area contributed by atoms with Crippen LogP contribution in [0, 0.1) is 0 Å². The third-order valence-corrected chi connectivity index (χ3v) is 12.8. The fraction of sp³-hybridized carbons (Fsp3) is 0.0492. The summed E-state index contributed by atoms with van der Waals surface area (Å²) in [5, 5.41) is 2.44. The van der Waals surface area contributed by atoms with Crippen molar-refractivity contribution in [2.45, 2.75) is 19.3 Å². The van der Waals surface area contributed by atoms with Crippen LogP contribution in [0.2, 0.25) is 0 Å². The molecule has 2 nitrogen and oxygen atoms in total. The van der Waals surface area contributed by atoms with E-state index >= 15 is 0 Å². The summed E-state index contributed by atoms with van der Waals surface area (Å²) in [4.78, 5) is 4.84. The Labute approximate surface area is 370 Å². The molecule has 300 valence electrons. The molecule has 0 bridgehead atoms. The van der Waals surface area contributed by atoms with Crippen molar-refractivity contribution >= 4 is 44.9 Å². The van der Waals surface area contributed by atoms with E-state index < -0.39 is 0 Å². The molecule has 0 heterocycles. The summed E-state index contributed by atoms with van der Waals surface area (Å²) < 4.78 is 0. The van der Waals surface area contributed by atoms with Crippen LogP contribution in [0.4, 0.5) is 34.1 Å². The molecule has 1 aliphatic carbocycles. The zero-order chi connectivity index (χ0) is 42.3. The van der Waals surface area contributed by atoms with Crippen LogP contribution in [-0.4, -0.2) is 0 Å². The van der Waals surface area contributed by atoms with Crippen LogP contribution in [-0.2, 0) is 5.41 Å². The number of para-hydroxylation sites is 2. The van der Waals surface area contributed by atoms with Crippen molar-refractivity contribution in [2.75, 3.05) is 9.80 Å². The van der Waals surface area contributed by atoms with Crippen molar-refractivity contribution in [3.63, 3.8) is 0 Å². The van der Waals surface area contributed by atoms with Gasteiger partial charge in [-0.25, -0.2) is 0 Å². The summed E-state index contributed by atoms with van der Waals surface area (Å²) >= 11 is 0. The third-order valence-electron chi connectivity index (χ3n) is 12.8. The first-order valence-electron chi connectivity index (χ1n) is 21.8. The second kappa shape index (κ2) is 15.8. The molecule has 0 spiro atoms. The molecule has 0 saturated carbocycles. The minimum Gasteiger partial charge on any atom is -0.310 e. The Morgan fingerprint density at radius 3 is 1.43 bits per heavy atom. The molecule has 1 aliphatic rings. The van der Waals surface area contributed by atoms with Gasteiger partial charge in [-0.3, -0.25) is 0 Å². The number of fused-ring (bicyclic) bond motifs is 4. The molecule has 0 aromatic heterocycles. The smallest absolute Gasteiger partial charge is 0.0488 e. The Hall–Kier alpha value is -7.94. The molecule has 0 N–H and O–H groups in total. The topological polar surface area (TPSA) is 6.48 Å². The van der Waals surface area contributed by atoms with Crippen molar-refractivity contribution in [2.24, 2.45) is 0 Å². The van der Waals surface area contributed by atoms with Gasteiger partial charge in [-0.1, -0.05) is 190 Å². The molecule has 0 aliphatic heterocycles. The van der Waals surface area contributed by atoms with Crippen LogP contribution in [0.5, 0.6) is 0 Å². The van der Waals surface area contributed by atoms with Crippen molar-refractivity contribution in [1.82, 2.24) is 0 Å². The van der Waals surface area contributed by atoms with Crippen LogP contribution in [0.3, 0.4) is 0 Å². The van der Waals surface area contributed by atoms with Crippen LogP contribution < -0.4 is 9.80 Å². The minimum absolute atomic E-state index is 0.150. The molecular formula is C61H46N2. The summed E-state index contributed by atoms with van der Waals surface area (Å²) in [5.41, 5.74) is 18.8. The standard InChI is InChI=1S/C61H46N2/c1-61(2)58-30-18-17-29-56(58)57-38-36-51(42-59(57)61)63(49-26-13-6-14-27-49)53-40-47(55-37-33-45-21-15-16-28-54(45)60(55)46-22-9-4-10-23-46)39-52(41-53)62(48-24-11-5-12-25-48)50-34-31-44(32-35-50)43-19-7-3-8-20-43/h3-42H,1-2H3. The zero-order valence-electron chi connectivity index (χ0n) is 35.5. The van der Waals surface area contributed by atoms with Crippen molar-refractivity contribution < 1.29 is 0 Å². The second-order valence-corrected chi connectivity index (χ2v) is 17.0. The summed E-state index contributed by atoms with van der Waals surface area (Å²) in [5.74, 6) is 0. The van der Waals surface area contributed by atoms with Gasteiger partial charge in [0.2, 0.25) is 0 Å². The summed E-state index contributed by atoms with van der Waals surface area (Å²) in [7, 11) is 0. The Balaban J connectivity index is 1.18. The van der Waals surface area contributed by atoms with Gasteiger partial charge in [0.05, 0.1) is 0 Å². The molecular weight excluding hydrogens is 761 g/mol. The van der Waals surface area contributed by atoms with Crippen LogP contribution in [0.1, 0.15) is 25.0 Å². The first-order valence-corrected chi connectivity index (χ1v) is 21.8. The Morgan fingerprint density at radius 2 is 0.762 bits per heavy atom. The average molecular weight is 807 g/mol. The molecule has 0 saturated heterocycles. The molecule has 2 heteroatoms. The Kier molecular flexibility index (Phi) is 9.55.